The highest BCUT2D eigenvalue weighted by atomic mass is 35.5. The van der Waals surface area contributed by atoms with Crippen LogP contribution in [-0.2, 0) is 24.2 Å². The van der Waals surface area contributed by atoms with Gasteiger partial charge in [0.05, 0.1) is 5.69 Å². The minimum Gasteiger partial charge on any atom is -0.337 e. The van der Waals surface area contributed by atoms with Gasteiger partial charge in [-0.2, -0.15) is 0 Å². The Morgan fingerprint density at radius 2 is 1.60 bits per heavy atom. The van der Waals surface area contributed by atoms with E-state index in [1.54, 1.807) is 4.90 Å². The Morgan fingerprint density at radius 1 is 0.900 bits per heavy atom. The SMILES string of the molecule is O=C1C(Cc2ccccc2)N=C(N2CCc3ccccc3C2)N1c1ccc(Cl)cc1. The number of hydrogen-bond acceptors (Lipinski definition) is 3. The quantitative estimate of drug-likeness (QED) is 0.621. The molecule has 3 aromatic carbocycles. The number of aliphatic imine (C=N–C) groups is 1. The second-order valence-corrected chi connectivity index (χ2v) is 8.16. The third-order valence-electron chi connectivity index (χ3n) is 5.75. The van der Waals surface area contributed by atoms with Gasteiger partial charge in [0.25, 0.3) is 5.91 Å². The average Bonchev–Trinajstić information content (AvgIpc) is 3.11. The minimum absolute atomic E-state index is 0.00929. The Bertz CT molecular complexity index is 1090. The number of anilines is 1. The summed E-state index contributed by atoms with van der Waals surface area (Å²) in [5, 5.41) is 0.650. The first-order valence-electron chi connectivity index (χ1n) is 10.2. The molecule has 5 heteroatoms. The molecule has 2 heterocycles. The third kappa shape index (κ3) is 3.59. The van der Waals surface area contributed by atoms with Crippen LogP contribution in [-0.4, -0.2) is 29.4 Å². The third-order valence-corrected chi connectivity index (χ3v) is 6.00. The lowest BCUT2D eigenvalue weighted by Crippen LogP contribution is -2.46. The smallest absolute Gasteiger partial charge is 0.259 e. The van der Waals surface area contributed by atoms with Gasteiger partial charge in [-0.05, 0) is 47.4 Å². The summed E-state index contributed by atoms with van der Waals surface area (Å²) in [5.74, 6) is 0.743. The lowest BCUT2D eigenvalue weighted by atomic mass is 10.0. The summed E-state index contributed by atoms with van der Waals surface area (Å²) >= 11 is 6.09. The zero-order chi connectivity index (χ0) is 20.5. The molecule has 0 radical (unpaired) electrons. The number of amides is 1. The molecule has 0 N–H and O–H groups in total. The van der Waals surface area contributed by atoms with Gasteiger partial charge in [-0.15, -0.1) is 0 Å². The van der Waals surface area contributed by atoms with Crippen molar-refractivity contribution < 1.29 is 4.79 Å². The summed E-state index contributed by atoms with van der Waals surface area (Å²) in [6.45, 7) is 1.59. The molecule has 0 aliphatic carbocycles. The van der Waals surface area contributed by atoms with E-state index in [2.05, 4.69) is 29.2 Å². The molecule has 0 bridgehead atoms. The van der Waals surface area contributed by atoms with Gasteiger partial charge >= 0.3 is 0 Å². The fourth-order valence-electron chi connectivity index (χ4n) is 4.19. The van der Waals surface area contributed by atoms with E-state index in [1.807, 2.05) is 54.6 Å². The van der Waals surface area contributed by atoms with Crippen molar-refractivity contribution in [3.05, 3.63) is 101 Å². The molecule has 0 aromatic heterocycles. The van der Waals surface area contributed by atoms with E-state index in [1.165, 1.54) is 11.1 Å². The van der Waals surface area contributed by atoms with E-state index in [0.717, 1.165) is 36.7 Å². The van der Waals surface area contributed by atoms with Crippen LogP contribution in [0.3, 0.4) is 0 Å². The van der Waals surface area contributed by atoms with Gasteiger partial charge in [0.2, 0.25) is 5.96 Å². The number of fused-ring (bicyclic) bond motifs is 1. The van der Waals surface area contributed by atoms with Gasteiger partial charge in [-0.3, -0.25) is 4.79 Å². The summed E-state index contributed by atoms with van der Waals surface area (Å²) in [6, 6.07) is 25.6. The molecule has 0 saturated heterocycles. The fourth-order valence-corrected chi connectivity index (χ4v) is 4.32. The van der Waals surface area contributed by atoms with E-state index in [4.69, 9.17) is 16.6 Å². The van der Waals surface area contributed by atoms with Crippen molar-refractivity contribution in [3.63, 3.8) is 0 Å². The van der Waals surface area contributed by atoms with Gasteiger partial charge in [0, 0.05) is 24.5 Å². The van der Waals surface area contributed by atoms with Crippen LogP contribution >= 0.6 is 11.6 Å². The molecular weight excluding hydrogens is 394 g/mol. The Kier molecular flexibility index (Phi) is 5.01. The summed E-state index contributed by atoms with van der Waals surface area (Å²) in [6.07, 6.45) is 1.54. The van der Waals surface area contributed by atoms with Crippen LogP contribution in [0.15, 0.2) is 83.9 Å². The van der Waals surface area contributed by atoms with E-state index >= 15 is 0 Å². The second-order valence-electron chi connectivity index (χ2n) is 7.72. The number of rotatable bonds is 3. The monoisotopic (exact) mass is 415 g/mol. The molecule has 1 atom stereocenters. The molecule has 0 saturated carbocycles. The van der Waals surface area contributed by atoms with Crippen LogP contribution < -0.4 is 4.90 Å². The highest BCUT2D eigenvalue weighted by Crippen LogP contribution is 2.29. The molecule has 2 aliphatic rings. The molecule has 1 amide bonds. The van der Waals surface area contributed by atoms with E-state index in [9.17, 15) is 4.79 Å². The number of guanidine groups is 1. The Morgan fingerprint density at radius 3 is 2.37 bits per heavy atom. The largest absolute Gasteiger partial charge is 0.337 e. The molecule has 1 unspecified atom stereocenters. The Labute approximate surface area is 181 Å². The minimum atomic E-state index is -0.421. The van der Waals surface area contributed by atoms with Crippen molar-refractivity contribution in [3.8, 4) is 0 Å². The van der Waals surface area contributed by atoms with Crippen LogP contribution in [0.5, 0.6) is 0 Å². The van der Waals surface area contributed by atoms with Crippen LogP contribution in [0.4, 0.5) is 5.69 Å². The molecule has 30 heavy (non-hydrogen) atoms. The predicted octanol–water partition coefficient (Wildman–Crippen LogP) is 4.71. The van der Waals surface area contributed by atoms with Gasteiger partial charge in [0.1, 0.15) is 6.04 Å². The molecule has 5 rings (SSSR count). The van der Waals surface area contributed by atoms with Crippen molar-refractivity contribution in [2.45, 2.75) is 25.4 Å². The molecule has 0 spiro atoms. The zero-order valence-corrected chi connectivity index (χ0v) is 17.3. The Hall–Kier alpha value is -3.11. The van der Waals surface area contributed by atoms with Gasteiger partial charge in [0.15, 0.2) is 0 Å². The lowest BCUT2D eigenvalue weighted by molar-refractivity contribution is -0.118. The van der Waals surface area contributed by atoms with E-state index in [0.29, 0.717) is 11.4 Å². The van der Waals surface area contributed by atoms with Crippen LogP contribution in [0.25, 0.3) is 0 Å². The highest BCUT2D eigenvalue weighted by molar-refractivity contribution is 6.30. The fraction of sp³-hybridized carbons (Fsp3) is 0.200. The van der Waals surface area contributed by atoms with Gasteiger partial charge in [-0.25, -0.2) is 9.89 Å². The number of carbonyl (C=O) groups excluding carboxylic acids is 1. The zero-order valence-electron chi connectivity index (χ0n) is 16.5. The summed E-state index contributed by atoms with van der Waals surface area (Å²) in [4.78, 5) is 22.4. The number of hydrogen-bond donors (Lipinski definition) is 0. The van der Waals surface area contributed by atoms with Crippen LogP contribution in [0.1, 0.15) is 16.7 Å². The maximum absolute atomic E-state index is 13.4. The number of benzene rings is 3. The highest BCUT2D eigenvalue weighted by Gasteiger charge is 2.39. The van der Waals surface area contributed by atoms with E-state index in [-0.39, 0.29) is 5.91 Å². The molecule has 4 nitrogen and oxygen atoms in total. The molecule has 0 fully saturated rings. The first-order chi connectivity index (χ1) is 14.7. The molecular formula is C25H22ClN3O. The first-order valence-corrected chi connectivity index (χ1v) is 10.6. The maximum Gasteiger partial charge on any atom is 0.259 e. The van der Waals surface area contributed by atoms with E-state index < -0.39 is 6.04 Å². The van der Waals surface area contributed by atoms with Crippen molar-refractivity contribution in [1.82, 2.24) is 4.90 Å². The Balaban J connectivity index is 1.49. The van der Waals surface area contributed by atoms with Crippen molar-refractivity contribution in [2.24, 2.45) is 4.99 Å². The van der Waals surface area contributed by atoms with Gasteiger partial charge < -0.3 is 4.90 Å². The molecule has 3 aromatic rings. The lowest BCUT2D eigenvalue weighted by Gasteiger charge is -2.33. The number of halogens is 1. The van der Waals surface area contributed by atoms with Crippen LogP contribution in [0.2, 0.25) is 5.02 Å². The number of nitrogens with zero attached hydrogens (tertiary/aromatic N) is 3. The van der Waals surface area contributed by atoms with Crippen molar-refractivity contribution in [2.75, 3.05) is 11.4 Å². The summed E-state index contributed by atoms with van der Waals surface area (Å²) < 4.78 is 0. The molecule has 150 valence electrons. The average molecular weight is 416 g/mol. The van der Waals surface area contributed by atoms with Crippen molar-refractivity contribution >= 4 is 29.2 Å². The predicted molar refractivity (Wildman–Crippen MR) is 121 cm³/mol. The summed E-state index contributed by atoms with van der Waals surface area (Å²) in [5.41, 5.74) is 4.58. The van der Waals surface area contributed by atoms with Crippen LogP contribution in [0, 0.1) is 0 Å². The topological polar surface area (TPSA) is 35.9 Å². The first kappa shape index (κ1) is 18.9. The van der Waals surface area contributed by atoms with Crippen molar-refractivity contribution in [1.29, 1.82) is 0 Å². The standard InChI is InChI=1S/C25H22ClN3O/c26-21-10-12-22(13-11-21)29-24(30)23(16-18-6-2-1-3-7-18)27-25(29)28-15-14-19-8-4-5-9-20(19)17-28/h1-13,23H,14-17H2. The number of carbonyl (C=O) groups is 1. The normalized spacial score (nSPS) is 18.4. The maximum atomic E-state index is 13.4. The summed E-state index contributed by atoms with van der Waals surface area (Å²) in [7, 11) is 0. The molecule has 2 aliphatic heterocycles. The van der Waals surface area contributed by atoms with Gasteiger partial charge in [-0.1, -0.05) is 66.2 Å². The second kappa shape index (κ2) is 7.96.